The Morgan fingerprint density at radius 2 is 1.88 bits per heavy atom. The Morgan fingerprint density at radius 3 is 2.41 bits per heavy atom. The maximum Gasteiger partial charge on any atom is 0.240 e. The number of anilines is 2. The van der Waals surface area contributed by atoms with Crippen molar-refractivity contribution in [3.05, 3.63) is 24.3 Å². The van der Waals surface area contributed by atoms with Gasteiger partial charge in [-0.15, -0.1) is 0 Å². The van der Waals surface area contributed by atoms with Gasteiger partial charge in [-0.3, -0.25) is 4.79 Å². The van der Waals surface area contributed by atoms with Crippen molar-refractivity contribution >= 4 is 17.3 Å². The van der Waals surface area contributed by atoms with Crippen LogP contribution >= 0.6 is 0 Å². The molecule has 92 valence electrons. The zero-order valence-electron chi connectivity index (χ0n) is 10.2. The van der Waals surface area contributed by atoms with Gasteiger partial charge in [0, 0.05) is 31.5 Å². The lowest BCUT2D eigenvalue weighted by Crippen LogP contribution is -2.32. The van der Waals surface area contributed by atoms with Gasteiger partial charge in [-0.05, 0) is 37.1 Å². The summed E-state index contributed by atoms with van der Waals surface area (Å²) in [6.07, 6.45) is 2.54. The van der Waals surface area contributed by atoms with Gasteiger partial charge in [0.25, 0.3) is 0 Å². The van der Waals surface area contributed by atoms with Crippen LogP contribution in [-0.4, -0.2) is 32.6 Å². The van der Waals surface area contributed by atoms with E-state index in [-0.39, 0.29) is 12.5 Å². The Hall–Kier alpha value is -1.55. The molecular weight excluding hydrogens is 214 g/mol. The highest BCUT2D eigenvalue weighted by Gasteiger charge is 2.13. The normalized spacial score (nSPS) is 15.1. The van der Waals surface area contributed by atoms with E-state index in [0.717, 1.165) is 18.8 Å². The van der Waals surface area contributed by atoms with Gasteiger partial charge in [-0.2, -0.15) is 0 Å². The van der Waals surface area contributed by atoms with Crippen molar-refractivity contribution < 1.29 is 4.79 Å². The van der Waals surface area contributed by atoms with Gasteiger partial charge < -0.3 is 15.5 Å². The van der Waals surface area contributed by atoms with Crippen LogP contribution < -0.4 is 15.5 Å². The number of benzene rings is 1. The summed E-state index contributed by atoms with van der Waals surface area (Å²) >= 11 is 0. The predicted molar refractivity (Wildman–Crippen MR) is 70.4 cm³/mol. The fourth-order valence-electron chi connectivity index (χ4n) is 2.14. The molecule has 1 saturated heterocycles. The van der Waals surface area contributed by atoms with E-state index < -0.39 is 0 Å². The third kappa shape index (κ3) is 2.58. The largest absolute Gasteiger partial charge is 0.372 e. The van der Waals surface area contributed by atoms with Crippen LogP contribution in [0.2, 0.25) is 0 Å². The minimum atomic E-state index is -0.0704. The molecule has 1 aromatic rings. The van der Waals surface area contributed by atoms with Crippen molar-refractivity contribution in [2.45, 2.75) is 12.8 Å². The lowest BCUT2D eigenvalue weighted by atomic mass is 10.2. The number of likely N-dealkylation sites (N-methyl/N-ethyl adjacent to an activating group) is 1. The monoisotopic (exact) mass is 233 g/mol. The molecule has 0 atom stereocenters. The summed E-state index contributed by atoms with van der Waals surface area (Å²) < 4.78 is 0. The van der Waals surface area contributed by atoms with Gasteiger partial charge in [-0.25, -0.2) is 0 Å². The fourth-order valence-corrected chi connectivity index (χ4v) is 2.14. The Balaban J connectivity index is 2.09. The number of nitrogens with two attached hydrogens (primary N) is 1. The maximum atomic E-state index is 11.4. The first-order valence-corrected chi connectivity index (χ1v) is 6.04. The highest BCUT2D eigenvalue weighted by molar-refractivity contribution is 5.94. The maximum absolute atomic E-state index is 11.4. The summed E-state index contributed by atoms with van der Waals surface area (Å²) in [5.74, 6) is -0.0704. The van der Waals surface area contributed by atoms with Crippen molar-refractivity contribution in [3.8, 4) is 0 Å². The van der Waals surface area contributed by atoms with Gasteiger partial charge >= 0.3 is 0 Å². The molecule has 0 bridgehead atoms. The Bertz CT molecular complexity index is 382. The molecule has 2 rings (SSSR count). The first-order chi connectivity index (χ1) is 8.22. The SMILES string of the molecule is CN(C(=O)CN)c1ccc(N2CCCC2)cc1. The number of nitrogens with zero attached hydrogens (tertiary/aromatic N) is 2. The van der Waals surface area contributed by atoms with Crippen LogP contribution in [0.25, 0.3) is 0 Å². The summed E-state index contributed by atoms with van der Waals surface area (Å²) in [7, 11) is 1.75. The van der Waals surface area contributed by atoms with Crippen molar-refractivity contribution in [3.63, 3.8) is 0 Å². The number of hydrogen-bond donors (Lipinski definition) is 1. The minimum Gasteiger partial charge on any atom is -0.372 e. The van der Waals surface area contributed by atoms with E-state index in [2.05, 4.69) is 17.0 Å². The summed E-state index contributed by atoms with van der Waals surface area (Å²) in [6.45, 7) is 2.32. The molecule has 4 heteroatoms. The van der Waals surface area contributed by atoms with E-state index in [1.54, 1.807) is 11.9 Å². The number of carbonyl (C=O) groups excluding carboxylic acids is 1. The van der Waals surface area contributed by atoms with Gasteiger partial charge in [0.1, 0.15) is 0 Å². The predicted octanol–water partition coefficient (Wildman–Crippen LogP) is 1.21. The number of hydrogen-bond acceptors (Lipinski definition) is 3. The molecule has 1 aromatic carbocycles. The summed E-state index contributed by atoms with van der Waals surface area (Å²) in [5, 5.41) is 0. The van der Waals surface area contributed by atoms with E-state index in [1.807, 2.05) is 12.1 Å². The first-order valence-electron chi connectivity index (χ1n) is 6.04. The average Bonchev–Trinajstić information content (AvgIpc) is 2.91. The zero-order chi connectivity index (χ0) is 12.3. The second-order valence-electron chi connectivity index (χ2n) is 4.37. The van der Waals surface area contributed by atoms with Crippen molar-refractivity contribution in [1.82, 2.24) is 0 Å². The van der Waals surface area contributed by atoms with Crippen LogP contribution in [0.4, 0.5) is 11.4 Å². The molecule has 0 radical (unpaired) electrons. The molecule has 1 aliphatic rings. The molecule has 1 aliphatic heterocycles. The highest BCUT2D eigenvalue weighted by Crippen LogP contribution is 2.23. The fraction of sp³-hybridized carbons (Fsp3) is 0.462. The minimum absolute atomic E-state index is 0.0460. The zero-order valence-corrected chi connectivity index (χ0v) is 10.2. The second kappa shape index (κ2) is 5.19. The third-order valence-corrected chi connectivity index (χ3v) is 3.26. The second-order valence-corrected chi connectivity index (χ2v) is 4.37. The average molecular weight is 233 g/mol. The summed E-state index contributed by atoms with van der Waals surface area (Å²) in [6, 6.07) is 8.09. The van der Waals surface area contributed by atoms with Crippen LogP contribution in [0.3, 0.4) is 0 Å². The molecule has 0 unspecified atom stereocenters. The van der Waals surface area contributed by atoms with Crippen LogP contribution in [-0.2, 0) is 4.79 Å². The Kier molecular flexibility index (Phi) is 3.64. The third-order valence-electron chi connectivity index (χ3n) is 3.26. The van der Waals surface area contributed by atoms with Crippen molar-refractivity contribution in [2.24, 2.45) is 5.73 Å². The molecule has 1 heterocycles. The molecule has 17 heavy (non-hydrogen) atoms. The van der Waals surface area contributed by atoms with Crippen molar-refractivity contribution in [1.29, 1.82) is 0 Å². The van der Waals surface area contributed by atoms with E-state index >= 15 is 0 Å². The Morgan fingerprint density at radius 1 is 1.29 bits per heavy atom. The Labute approximate surface area is 102 Å². The molecule has 1 fully saturated rings. The van der Waals surface area contributed by atoms with E-state index in [1.165, 1.54) is 18.5 Å². The number of amides is 1. The highest BCUT2D eigenvalue weighted by atomic mass is 16.2. The standard InChI is InChI=1S/C13H19N3O/c1-15(13(17)10-14)11-4-6-12(7-5-11)16-8-2-3-9-16/h4-7H,2-3,8-10,14H2,1H3. The van der Waals surface area contributed by atoms with Gasteiger partial charge in [-0.1, -0.05) is 0 Å². The van der Waals surface area contributed by atoms with Crippen LogP contribution in [0.15, 0.2) is 24.3 Å². The molecule has 1 amide bonds. The van der Waals surface area contributed by atoms with Gasteiger partial charge in [0.2, 0.25) is 5.91 Å². The van der Waals surface area contributed by atoms with Gasteiger partial charge in [0.05, 0.1) is 6.54 Å². The van der Waals surface area contributed by atoms with E-state index in [0.29, 0.717) is 0 Å². The smallest absolute Gasteiger partial charge is 0.240 e. The quantitative estimate of drug-likeness (QED) is 0.853. The molecule has 0 spiro atoms. The van der Waals surface area contributed by atoms with Crippen LogP contribution in [0.5, 0.6) is 0 Å². The van der Waals surface area contributed by atoms with Crippen LogP contribution in [0, 0.1) is 0 Å². The van der Waals surface area contributed by atoms with E-state index in [9.17, 15) is 4.79 Å². The lowest BCUT2D eigenvalue weighted by molar-refractivity contribution is -0.117. The summed E-state index contributed by atoms with van der Waals surface area (Å²) in [5.41, 5.74) is 7.47. The number of rotatable bonds is 3. The van der Waals surface area contributed by atoms with Crippen molar-refractivity contribution in [2.75, 3.05) is 36.5 Å². The lowest BCUT2D eigenvalue weighted by Gasteiger charge is -2.20. The number of carbonyl (C=O) groups is 1. The molecule has 2 N–H and O–H groups in total. The molecule has 0 aliphatic carbocycles. The first kappa shape index (κ1) is 11.9. The molecule has 0 aromatic heterocycles. The van der Waals surface area contributed by atoms with Gasteiger partial charge in [0.15, 0.2) is 0 Å². The van der Waals surface area contributed by atoms with E-state index in [4.69, 9.17) is 5.73 Å². The topological polar surface area (TPSA) is 49.6 Å². The summed E-state index contributed by atoms with van der Waals surface area (Å²) in [4.78, 5) is 15.4. The van der Waals surface area contributed by atoms with Crippen LogP contribution in [0.1, 0.15) is 12.8 Å². The molecule has 4 nitrogen and oxygen atoms in total. The molecular formula is C13H19N3O. The molecule has 0 saturated carbocycles.